The molecule has 422 valence electrons. The molecule has 0 spiro atoms. The predicted molar refractivity (Wildman–Crippen MR) is 354 cm³/mol. The van der Waals surface area contributed by atoms with Gasteiger partial charge in [-0.3, -0.25) is 4.79 Å². The number of rotatable bonds is 8. The maximum atomic E-state index is 12.0. The highest BCUT2D eigenvalue weighted by Crippen LogP contribution is 2.69. The van der Waals surface area contributed by atoms with Gasteiger partial charge >= 0.3 is 8.24 Å². The Kier molecular flexibility index (Phi) is 18.0. The van der Waals surface area contributed by atoms with Gasteiger partial charge in [0.2, 0.25) is 0 Å². The second kappa shape index (κ2) is 21.8. The summed E-state index contributed by atoms with van der Waals surface area (Å²) in [7, 11) is -6.11. The Labute approximate surface area is 472 Å². The molecule has 0 fully saturated rings. The van der Waals surface area contributed by atoms with Crippen molar-refractivity contribution in [2.75, 3.05) is 81.0 Å². The number of Topliss-reactive ketones (excluding diaryl/α,β-unsaturated/α-hetero) is 1. The van der Waals surface area contributed by atoms with Crippen LogP contribution in [0.5, 0.6) is 5.75 Å². The van der Waals surface area contributed by atoms with Gasteiger partial charge in [-0.1, -0.05) is 121 Å². The molecule has 2 heterocycles. The molecule has 1 unspecified atom stereocenters. The Morgan fingerprint density at radius 2 is 0.974 bits per heavy atom. The van der Waals surface area contributed by atoms with Crippen molar-refractivity contribution in [2.24, 2.45) is 5.41 Å². The summed E-state index contributed by atoms with van der Waals surface area (Å²) in [5, 5.41) is 3.32. The molecule has 4 nitrogen and oxygen atoms in total. The third-order valence-electron chi connectivity index (χ3n) is 15.3. The molecule has 2 radical (unpaired) electrons. The van der Waals surface area contributed by atoms with E-state index in [1.165, 1.54) is 58.5 Å². The molecule has 1 atom stereocenters. The third-order valence-corrected chi connectivity index (χ3v) is 27.4. The molecule has 2 bridgehead atoms. The number of hydrogen-bond acceptors (Lipinski definition) is 4. The molecule has 1 aliphatic heterocycles. The fraction of sp³-hybridized carbons (Fsp3) is 0.530. The zero-order chi connectivity index (χ0) is 57.5. The molecular formula is C66H100O4P2S4. The van der Waals surface area contributed by atoms with E-state index >= 15 is 0 Å². The summed E-state index contributed by atoms with van der Waals surface area (Å²) >= 11 is 0. The van der Waals surface area contributed by atoms with Crippen molar-refractivity contribution in [3.05, 3.63) is 112 Å². The summed E-state index contributed by atoms with van der Waals surface area (Å²) in [6.45, 7) is 38.9. The lowest BCUT2D eigenvalue weighted by molar-refractivity contribution is -0.122. The zero-order valence-electron chi connectivity index (χ0n) is 52.3. The average Bonchev–Trinajstić information content (AvgIpc) is 4.19. The molecule has 1 aromatic heterocycles. The van der Waals surface area contributed by atoms with Crippen LogP contribution in [0.25, 0.3) is 33.1 Å². The number of carbonyl (C=O) groups is 1. The predicted octanol–water partition coefficient (Wildman–Crippen LogP) is 20.8. The first kappa shape index (κ1) is 62.8. The van der Waals surface area contributed by atoms with Crippen molar-refractivity contribution in [1.82, 2.24) is 0 Å². The summed E-state index contributed by atoms with van der Waals surface area (Å²) in [5.74, 6) is 1.25. The van der Waals surface area contributed by atoms with Gasteiger partial charge in [-0.25, -0.2) is 40.1 Å². The van der Waals surface area contributed by atoms with Gasteiger partial charge in [-0.05, 0) is 198 Å². The highest BCUT2D eigenvalue weighted by Gasteiger charge is 2.44. The molecule has 0 N–H and O–H groups in total. The Morgan fingerprint density at radius 1 is 0.579 bits per heavy atom. The van der Waals surface area contributed by atoms with Crippen LogP contribution in [0.2, 0.25) is 0 Å². The molecule has 4 aromatic carbocycles. The Balaban J connectivity index is 0.000000499. The van der Waals surface area contributed by atoms with Crippen LogP contribution in [-0.4, -0.2) is 86.8 Å². The van der Waals surface area contributed by atoms with E-state index in [-0.39, 0.29) is 27.1 Å². The van der Waals surface area contributed by atoms with Crippen LogP contribution in [0.3, 0.4) is 0 Å². The summed E-state index contributed by atoms with van der Waals surface area (Å²) in [6.07, 6.45) is 34.4. The van der Waals surface area contributed by atoms with Gasteiger partial charge in [0, 0.05) is 54.5 Å². The monoisotopic (exact) mass is 1150 g/mol. The Bertz CT molecular complexity index is 3140. The number of ketones is 1. The van der Waals surface area contributed by atoms with Crippen molar-refractivity contribution in [2.45, 2.75) is 158 Å². The second-order valence-corrected chi connectivity index (χ2v) is 46.5. The van der Waals surface area contributed by atoms with Gasteiger partial charge in [0.15, 0.2) is 22.7 Å². The van der Waals surface area contributed by atoms with E-state index in [9.17, 15) is 4.79 Å². The van der Waals surface area contributed by atoms with Gasteiger partial charge in [0.25, 0.3) is 0 Å². The number of hydrogen-bond donors (Lipinski definition) is 0. The van der Waals surface area contributed by atoms with E-state index < -0.39 is 48.4 Å². The molecular weight excluding hydrogens is 1050 g/mol. The lowest BCUT2D eigenvalue weighted by Gasteiger charge is -2.45. The molecule has 2 aliphatic carbocycles. The zero-order valence-corrected chi connectivity index (χ0v) is 57.4. The lowest BCUT2D eigenvalue weighted by Crippen LogP contribution is -2.28. The highest BCUT2D eigenvalue weighted by atomic mass is 32.3. The number of allylic oxidation sites excluding steroid dienone is 4. The molecule has 0 saturated heterocycles. The normalized spacial score (nSPS) is 17.9. The maximum absolute atomic E-state index is 12.0. The summed E-state index contributed by atoms with van der Waals surface area (Å²) in [4.78, 5) is 17.4. The number of fused-ring (bicyclic) bond motifs is 4. The largest absolute Gasteiger partial charge is 0.453 e. The molecule has 76 heavy (non-hydrogen) atoms. The van der Waals surface area contributed by atoms with Crippen LogP contribution in [0, 0.1) is 25.2 Å². The summed E-state index contributed by atoms with van der Waals surface area (Å²) < 4.78 is 22.6. The van der Waals surface area contributed by atoms with Crippen LogP contribution in [0.15, 0.2) is 99.8 Å². The first-order valence-electron chi connectivity index (χ1n) is 27.2. The van der Waals surface area contributed by atoms with Gasteiger partial charge < -0.3 is 12.9 Å². The third kappa shape index (κ3) is 13.3. The van der Waals surface area contributed by atoms with Gasteiger partial charge in [0.1, 0.15) is 0 Å². The number of benzene rings is 4. The Morgan fingerprint density at radius 3 is 1.42 bits per heavy atom. The first-order valence-corrected chi connectivity index (χ1v) is 41.2. The van der Waals surface area contributed by atoms with E-state index in [1.54, 1.807) is 0 Å². The van der Waals surface area contributed by atoms with E-state index in [1.807, 2.05) is 12.5 Å². The van der Waals surface area contributed by atoms with Gasteiger partial charge in [0.05, 0.1) is 5.41 Å². The summed E-state index contributed by atoms with van der Waals surface area (Å²) in [6, 6.07) is 19.7. The standard InChI is InChI=1S/C52H79O3PS4.C12H14O.C2H7P/c1-33-38(24-34(49(2,3)4)28-42(33)57(14,15)16)39-25-36(51(8,9)10)30-44-47(39)54-56-53-46-40(26-35(50(5,6)7)29-43(46)58(17,18)19)41-27-37(52(11,12)13)31-45(48(41)55-56)60(22,23)32-59(44,20)21;1-3-12(4-2,10-7-8-10)11(13)9-5-6-9;1-3-2/h24-31H,32H2,1-23H3;5-8H,3-4H2,1-2H3;3H,1-2H3. The van der Waals surface area contributed by atoms with Crippen molar-refractivity contribution in [1.29, 1.82) is 0 Å². The maximum Gasteiger partial charge on any atom is 0.453 e. The fourth-order valence-corrected chi connectivity index (χ4v) is 23.5. The van der Waals surface area contributed by atoms with Crippen LogP contribution in [0.1, 0.15) is 138 Å². The van der Waals surface area contributed by atoms with Crippen LogP contribution >= 0.6 is 56.9 Å². The molecule has 0 amide bonds. The molecule has 3 aliphatic rings. The van der Waals surface area contributed by atoms with E-state index in [0.29, 0.717) is 5.78 Å². The van der Waals surface area contributed by atoms with E-state index in [0.717, 1.165) is 65.3 Å². The molecule has 8 rings (SSSR count). The van der Waals surface area contributed by atoms with Gasteiger partial charge in [-0.2, -0.15) is 0 Å². The SMILES string of the molecule is CCC(CC)(C(=O)C1=C[CH]1)C1=C[CH]1.CPC.Cc1c(-c2cc(C(C)(C)C)cc3c2Op2oc4c(S(C)(C)C)cc(C(C)(C)C)cc4c4cc(C(C)(C)C)cc(c4o2)S(C)(C)CS3(C)C)cc(C(C)(C)C)cc1S(C)(C)C. The molecule has 0 saturated carbocycles. The first-order chi connectivity index (χ1) is 34.6. The summed E-state index contributed by atoms with van der Waals surface area (Å²) in [5.41, 5.74) is 12.7. The lowest BCUT2D eigenvalue weighted by atomic mass is 9.74. The van der Waals surface area contributed by atoms with Crippen LogP contribution in [0.4, 0.5) is 0 Å². The van der Waals surface area contributed by atoms with Gasteiger partial charge in [-0.15, -0.1) is 8.58 Å². The topological polar surface area (TPSA) is 52.6 Å². The van der Waals surface area contributed by atoms with Crippen LogP contribution < -0.4 is 4.52 Å². The smallest absolute Gasteiger partial charge is 0.389 e. The second-order valence-electron chi connectivity index (χ2n) is 28.3. The minimum Gasteiger partial charge on any atom is -0.389 e. The molecule has 10 heteroatoms. The average molecular weight is 1150 g/mol. The van der Waals surface area contributed by atoms with Crippen molar-refractivity contribution < 1.29 is 17.7 Å². The fourth-order valence-electron chi connectivity index (χ4n) is 10.4. The minimum atomic E-state index is -1.94. The van der Waals surface area contributed by atoms with Crippen LogP contribution in [-0.2, 0) is 26.5 Å². The number of carbonyl (C=O) groups excluding carboxylic acids is 1. The highest BCUT2D eigenvalue weighted by molar-refractivity contribution is 8.48. The van der Waals surface area contributed by atoms with Crippen molar-refractivity contribution >= 4 is 84.7 Å². The molecule has 5 aromatic rings. The Hall–Kier alpha value is -2.44. The van der Waals surface area contributed by atoms with E-state index in [4.69, 9.17) is 12.9 Å². The van der Waals surface area contributed by atoms with Crippen molar-refractivity contribution in [3.63, 3.8) is 0 Å². The minimum absolute atomic E-state index is 0.0307. The van der Waals surface area contributed by atoms with E-state index in [2.05, 4.69) is 241 Å². The quantitative estimate of drug-likeness (QED) is 0.145. The van der Waals surface area contributed by atoms with Crippen molar-refractivity contribution in [3.8, 4) is 16.9 Å².